The van der Waals surface area contributed by atoms with Crippen LogP contribution in [0, 0.1) is 11.7 Å². The van der Waals surface area contributed by atoms with E-state index in [9.17, 15) is 4.39 Å². The highest BCUT2D eigenvalue weighted by Crippen LogP contribution is 2.33. The SMILES string of the molecule is CN(C)C(c1ccccc1F)C1CCNCC1. The Morgan fingerprint density at radius 2 is 1.88 bits per heavy atom. The molecule has 1 unspecified atom stereocenters. The summed E-state index contributed by atoms with van der Waals surface area (Å²) >= 11 is 0. The van der Waals surface area contributed by atoms with Crippen LogP contribution >= 0.6 is 0 Å². The van der Waals surface area contributed by atoms with E-state index < -0.39 is 0 Å². The van der Waals surface area contributed by atoms with Crippen molar-refractivity contribution < 1.29 is 4.39 Å². The molecule has 1 saturated heterocycles. The van der Waals surface area contributed by atoms with E-state index in [1.54, 1.807) is 12.1 Å². The predicted octanol–water partition coefficient (Wildman–Crippen LogP) is 2.43. The Morgan fingerprint density at radius 3 is 2.47 bits per heavy atom. The summed E-state index contributed by atoms with van der Waals surface area (Å²) < 4.78 is 13.9. The Morgan fingerprint density at radius 1 is 1.24 bits per heavy atom. The summed E-state index contributed by atoms with van der Waals surface area (Å²) in [7, 11) is 4.08. The molecule has 0 amide bonds. The van der Waals surface area contributed by atoms with E-state index in [1.807, 2.05) is 26.2 Å². The van der Waals surface area contributed by atoms with E-state index >= 15 is 0 Å². The molecular formula is C14H21FN2. The Labute approximate surface area is 103 Å². The summed E-state index contributed by atoms with van der Waals surface area (Å²) in [5.41, 5.74) is 0.837. The van der Waals surface area contributed by atoms with Gasteiger partial charge < -0.3 is 10.2 Å². The predicted molar refractivity (Wildman–Crippen MR) is 68.4 cm³/mol. The van der Waals surface area contributed by atoms with Gasteiger partial charge in [-0.15, -0.1) is 0 Å². The van der Waals surface area contributed by atoms with Crippen LogP contribution in [0.3, 0.4) is 0 Å². The molecule has 0 saturated carbocycles. The Balaban J connectivity index is 2.25. The van der Waals surface area contributed by atoms with Gasteiger partial charge in [-0.3, -0.25) is 0 Å². The fourth-order valence-corrected chi connectivity index (χ4v) is 2.83. The van der Waals surface area contributed by atoms with Crippen LogP contribution in [0.4, 0.5) is 4.39 Å². The van der Waals surface area contributed by atoms with Crippen molar-refractivity contribution in [1.29, 1.82) is 0 Å². The normalized spacial score (nSPS) is 19.5. The molecule has 17 heavy (non-hydrogen) atoms. The van der Waals surface area contributed by atoms with Crippen molar-refractivity contribution in [3.63, 3.8) is 0 Å². The minimum Gasteiger partial charge on any atom is -0.317 e. The molecule has 2 rings (SSSR count). The van der Waals surface area contributed by atoms with Gasteiger partial charge in [0.15, 0.2) is 0 Å². The second kappa shape index (κ2) is 5.61. The number of halogens is 1. The van der Waals surface area contributed by atoms with Crippen LogP contribution in [-0.2, 0) is 0 Å². The minimum atomic E-state index is -0.0790. The molecule has 0 radical (unpaired) electrons. The first kappa shape index (κ1) is 12.5. The van der Waals surface area contributed by atoms with Crippen LogP contribution in [0.2, 0.25) is 0 Å². The molecule has 0 spiro atoms. The van der Waals surface area contributed by atoms with Crippen LogP contribution in [0.1, 0.15) is 24.4 Å². The van der Waals surface area contributed by atoms with Crippen LogP contribution in [0.15, 0.2) is 24.3 Å². The van der Waals surface area contributed by atoms with Gasteiger partial charge in [-0.25, -0.2) is 4.39 Å². The summed E-state index contributed by atoms with van der Waals surface area (Å²) in [6.45, 7) is 2.09. The van der Waals surface area contributed by atoms with Gasteiger partial charge in [-0.2, -0.15) is 0 Å². The first-order valence-electron chi connectivity index (χ1n) is 6.31. The zero-order chi connectivity index (χ0) is 12.3. The zero-order valence-electron chi connectivity index (χ0n) is 10.6. The number of piperidine rings is 1. The number of benzene rings is 1. The number of nitrogens with zero attached hydrogens (tertiary/aromatic N) is 1. The van der Waals surface area contributed by atoms with Gasteiger partial charge in [0.2, 0.25) is 0 Å². The molecule has 1 fully saturated rings. The van der Waals surface area contributed by atoms with E-state index in [4.69, 9.17) is 0 Å². The van der Waals surface area contributed by atoms with Crippen molar-refractivity contribution >= 4 is 0 Å². The molecule has 1 aliphatic rings. The number of hydrogen-bond acceptors (Lipinski definition) is 2. The van der Waals surface area contributed by atoms with Crippen molar-refractivity contribution in [3.8, 4) is 0 Å². The second-order valence-electron chi connectivity index (χ2n) is 5.02. The van der Waals surface area contributed by atoms with Crippen LogP contribution in [0.5, 0.6) is 0 Å². The maximum absolute atomic E-state index is 13.9. The molecule has 1 aromatic rings. The molecule has 0 aliphatic carbocycles. The van der Waals surface area contributed by atoms with E-state index in [2.05, 4.69) is 10.2 Å². The smallest absolute Gasteiger partial charge is 0.127 e. The van der Waals surface area contributed by atoms with Gasteiger partial charge in [-0.1, -0.05) is 18.2 Å². The zero-order valence-corrected chi connectivity index (χ0v) is 10.6. The Hall–Kier alpha value is -0.930. The molecule has 1 aromatic carbocycles. The summed E-state index contributed by atoms with van der Waals surface area (Å²) in [6, 6.07) is 7.36. The lowest BCUT2D eigenvalue weighted by atomic mass is 9.85. The molecule has 1 aliphatic heterocycles. The highest BCUT2D eigenvalue weighted by molar-refractivity contribution is 5.22. The van der Waals surface area contributed by atoms with E-state index in [0.29, 0.717) is 5.92 Å². The van der Waals surface area contributed by atoms with Gasteiger partial charge in [-0.05, 0) is 52.0 Å². The molecule has 3 heteroatoms. The third kappa shape index (κ3) is 2.85. The van der Waals surface area contributed by atoms with Gasteiger partial charge in [0.05, 0.1) is 0 Å². The van der Waals surface area contributed by atoms with Crippen molar-refractivity contribution in [2.75, 3.05) is 27.2 Å². The fraction of sp³-hybridized carbons (Fsp3) is 0.571. The summed E-state index contributed by atoms with van der Waals surface area (Å²) in [5.74, 6) is 0.466. The van der Waals surface area contributed by atoms with Crippen molar-refractivity contribution in [2.45, 2.75) is 18.9 Å². The summed E-state index contributed by atoms with van der Waals surface area (Å²) in [4.78, 5) is 2.15. The fourth-order valence-electron chi connectivity index (χ4n) is 2.83. The molecule has 94 valence electrons. The van der Waals surface area contributed by atoms with Crippen LogP contribution in [-0.4, -0.2) is 32.1 Å². The third-order valence-corrected chi connectivity index (χ3v) is 3.61. The largest absolute Gasteiger partial charge is 0.317 e. The topological polar surface area (TPSA) is 15.3 Å². The molecule has 1 atom stereocenters. The lowest BCUT2D eigenvalue weighted by molar-refractivity contribution is 0.173. The highest BCUT2D eigenvalue weighted by Gasteiger charge is 2.28. The molecule has 1 N–H and O–H groups in total. The Kier molecular flexibility index (Phi) is 4.13. The molecule has 2 nitrogen and oxygen atoms in total. The molecular weight excluding hydrogens is 215 g/mol. The van der Waals surface area contributed by atoms with Crippen molar-refractivity contribution in [3.05, 3.63) is 35.6 Å². The lowest BCUT2D eigenvalue weighted by Gasteiger charge is -2.35. The van der Waals surface area contributed by atoms with Crippen molar-refractivity contribution in [2.24, 2.45) is 5.92 Å². The minimum absolute atomic E-state index is 0.0790. The highest BCUT2D eigenvalue weighted by atomic mass is 19.1. The monoisotopic (exact) mass is 236 g/mol. The van der Waals surface area contributed by atoms with Gasteiger partial charge in [0.25, 0.3) is 0 Å². The Bertz CT molecular complexity index is 359. The average Bonchev–Trinajstić information content (AvgIpc) is 2.33. The summed E-state index contributed by atoms with van der Waals surface area (Å²) in [5, 5.41) is 3.36. The van der Waals surface area contributed by atoms with E-state index in [1.165, 1.54) is 0 Å². The first-order chi connectivity index (χ1) is 8.20. The number of nitrogens with one attached hydrogen (secondary N) is 1. The molecule has 0 aromatic heterocycles. The number of rotatable bonds is 3. The molecule has 0 bridgehead atoms. The van der Waals surface area contributed by atoms with Gasteiger partial charge in [0.1, 0.15) is 5.82 Å². The van der Waals surface area contributed by atoms with E-state index in [-0.39, 0.29) is 11.9 Å². The first-order valence-corrected chi connectivity index (χ1v) is 6.31. The second-order valence-corrected chi connectivity index (χ2v) is 5.02. The van der Waals surface area contributed by atoms with Crippen LogP contribution in [0.25, 0.3) is 0 Å². The average molecular weight is 236 g/mol. The third-order valence-electron chi connectivity index (χ3n) is 3.61. The summed E-state index contributed by atoms with van der Waals surface area (Å²) in [6.07, 6.45) is 2.24. The van der Waals surface area contributed by atoms with Crippen molar-refractivity contribution in [1.82, 2.24) is 10.2 Å². The van der Waals surface area contributed by atoms with Gasteiger partial charge in [0, 0.05) is 11.6 Å². The molecule has 1 heterocycles. The lowest BCUT2D eigenvalue weighted by Crippen LogP contribution is -2.36. The standard InChI is InChI=1S/C14H21FN2/c1-17(2)14(11-7-9-16-10-8-11)12-5-3-4-6-13(12)15/h3-6,11,14,16H,7-10H2,1-2H3. The van der Waals surface area contributed by atoms with Gasteiger partial charge >= 0.3 is 0 Å². The maximum atomic E-state index is 13.9. The number of hydrogen-bond donors (Lipinski definition) is 1. The quantitative estimate of drug-likeness (QED) is 0.867. The van der Waals surface area contributed by atoms with Crippen LogP contribution < -0.4 is 5.32 Å². The van der Waals surface area contributed by atoms with E-state index in [0.717, 1.165) is 31.5 Å². The maximum Gasteiger partial charge on any atom is 0.127 e.